The summed E-state index contributed by atoms with van der Waals surface area (Å²) >= 11 is 0. The Hall–Kier alpha value is -0.890. The summed E-state index contributed by atoms with van der Waals surface area (Å²) in [6.07, 6.45) is 11.3. The van der Waals surface area contributed by atoms with Crippen LogP contribution in [0.5, 0.6) is 0 Å². The lowest BCUT2D eigenvalue weighted by atomic mass is 10.1. The van der Waals surface area contributed by atoms with Gasteiger partial charge in [-0.25, -0.2) is 0 Å². The van der Waals surface area contributed by atoms with Crippen molar-refractivity contribution < 1.29 is 0 Å². The minimum Gasteiger partial charge on any atom is -0.296 e. The highest BCUT2D eigenvalue weighted by Crippen LogP contribution is 2.27. The van der Waals surface area contributed by atoms with E-state index < -0.39 is 0 Å². The Bertz CT molecular complexity index is 408. The van der Waals surface area contributed by atoms with Crippen LogP contribution in [0.2, 0.25) is 0 Å². The molecule has 1 aliphatic heterocycles. The molecule has 0 bridgehead atoms. The molecular formula is C16H24N2. The van der Waals surface area contributed by atoms with Crippen molar-refractivity contribution in [2.75, 3.05) is 6.54 Å². The molecule has 0 aromatic carbocycles. The molecule has 1 aliphatic carbocycles. The maximum absolute atomic E-state index is 4.68. The number of rotatable bonds is 2. The van der Waals surface area contributed by atoms with Crippen molar-refractivity contribution in [2.45, 2.75) is 64.5 Å². The average Bonchev–Trinajstić information content (AvgIpc) is 2.85. The summed E-state index contributed by atoms with van der Waals surface area (Å²) in [6.45, 7) is 4.62. The Morgan fingerprint density at radius 1 is 1.28 bits per heavy atom. The van der Waals surface area contributed by atoms with Gasteiger partial charge < -0.3 is 0 Å². The quantitative estimate of drug-likeness (QED) is 0.793. The molecule has 0 amide bonds. The third kappa shape index (κ3) is 2.44. The molecule has 0 N–H and O–H groups in total. The molecule has 18 heavy (non-hydrogen) atoms. The molecule has 2 heterocycles. The lowest BCUT2D eigenvalue weighted by molar-refractivity contribution is 0.193. The molecule has 2 nitrogen and oxygen atoms in total. The van der Waals surface area contributed by atoms with E-state index in [9.17, 15) is 0 Å². The number of aromatic nitrogens is 1. The van der Waals surface area contributed by atoms with Crippen LogP contribution in [0.4, 0.5) is 0 Å². The fourth-order valence-electron chi connectivity index (χ4n) is 3.47. The number of hydrogen-bond acceptors (Lipinski definition) is 2. The predicted molar refractivity (Wildman–Crippen MR) is 74.6 cm³/mol. The van der Waals surface area contributed by atoms with Gasteiger partial charge in [0.05, 0.1) is 0 Å². The molecule has 1 fully saturated rings. The van der Waals surface area contributed by atoms with Gasteiger partial charge >= 0.3 is 0 Å². The smallest absolute Gasteiger partial charge is 0.0449 e. The highest BCUT2D eigenvalue weighted by atomic mass is 15.2. The van der Waals surface area contributed by atoms with Crippen LogP contribution >= 0.6 is 0 Å². The summed E-state index contributed by atoms with van der Waals surface area (Å²) < 4.78 is 0. The molecule has 2 heteroatoms. The van der Waals surface area contributed by atoms with Gasteiger partial charge in [-0.2, -0.15) is 0 Å². The Labute approximate surface area is 110 Å². The highest BCUT2D eigenvalue weighted by Gasteiger charge is 2.25. The summed E-state index contributed by atoms with van der Waals surface area (Å²) in [5.74, 6) is 0. The largest absolute Gasteiger partial charge is 0.296 e. The van der Waals surface area contributed by atoms with E-state index in [1.807, 2.05) is 0 Å². The minimum absolute atomic E-state index is 0.848. The normalized spacial score (nSPS) is 21.8. The first-order valence-corrected chi connectivity index (χ1v) is 7.57. The second kappa shape index (κ2) is 5.40. The van der Waals surface area contributed by atoms with E-state index in [4.69, 9.17) is 0 Å². The van der Waals surface area contributed by atoms with E-state index in [0.29, 0.717) is 0 Å². The molecule has 0 spiro atoms. The Balaban J connectivity index is 1.81. The number of hydrogen-bond donors (Lipinski definition) is 0. The Kier molecular flexibility index (Phi) is 3.64. The molecule has 0 radical (unpaired) electrons. The van der Waals surface area contributed by atoms with Crippen LogP contribution in [-0.2, 0) is 19.4 Å². The standard InChI is InChI=1S/C16H24N2/c1-2-13-10-14-12-18(15-6-3-4-7-15)9-5-8-16(14)17-11-13/h10-11,15H,2-9,12H2,1H3. The third-order valence-electron chi connectivity index (χ3n) is 4.60. The molecule has 0 saturated heterocycles. The van der Waals surface area contributed by atoms with Gasteiger partial charge in [0.25, 0.3) is 0 Å². The van der Waals surface area contributed by atoms with Gasteiger partial charge in [0.1, 0.15) is 0 Å². The fourth-order valence-corrected chi connectivity index (χ4v) is 3.47. The van der Waals surface area contributed by atoms with Crippen LogP contribution in [0.15, 0.2) is 12.3 Å². The van der Waals surface area contributed by atoms with Crippen LogP contribution < -0.4 is 0 Å². The van der Waals surface area contributed by atoms with Gasteiger partial charge in [0.2, 0.25) is 0 Å². The SMILES string of the molecule is CCc1cnc2c(c1)CN(C1CCCC1)CCC2. The Morgan fingerprint density at radius 3 is 2.89 bits per heavy atom. The van der Waals surface area contributed by atoms with Crippen LogP contribution in [-0.4, -0.2) is 22.5 Å². The van der Waals surface area contributed by atoms with Crippen LogP contribution in [0.25, 0.3) is 0 Å². The van der Waals surface area contributed by atoms with Gasteiger partial charge in [-0.1, -0.05) is 25.8 Å². The average molecular weight is 244 g/mol. The first-order chi connectivity index (χ1) is 8.86. The molecule has 2 aliphatic rings. The zero-order chi connectivity index (χ0) is 12.4. The third-order valence-corrected chi connectivity index (χ3v) is 4.60. The second-order valence-corrected chi connectivity index (χ2v) is 5.82. The van der Waals surface area contributed by atoms with Crippen molar-refractivity contribution in [2.24, 2.45) is 0 Å². The second-order valence-electron chi connectivity index (χ2n) is 5.82. The zero-order valence-corrected chi connectivity index (χ0v) is 11.5. The van der Waals surface area contributed by atoms with Gasteiger partial charge in [0, 0.05) is 24.5 Å². The lowest BCUT2D eigenvalue weighted by Gasteiger charge is -2.27. The van der Waals surface area contributed by atoms with E-state index in [2.05, 4.69) is 29.1 Å². The maximum Gasteiger partial charge on any atom is 0.0449 e. The molecule has 0 atom stereocenters. The van der Waals surface area contributed by atoms with E-state index in [1.165, 1.54) is 61.9 Å². The van der Waals surface area contributed by atoms with Crippen LogP contribution in [0, 0.1) is 0 Å². The lowest BCUT2D eigenvalue weighted by Crippen LogP contribution is -2.32. The van der Waals surface area contributed by atoms with Crippen molar-refractivity contribution in [3.63, 3.8) is 0 Å². The van der Waals surface area contributed by atoms with Crippen molar-refractivity contribution in [3.05, 3.63) is 29.1 Å². The first kappa shape index (κ1) is 12.2. The number of nitrogens with zero attached hydrogens (tertiary/aromatic N) is 2. The molecule has 0 unspecified atom stereocenters. The summed E-state index contributed by atoms with van der Waals surface area (Å²) in [5.41, 5.74) is 4.24. The van der Waals surface area contributed by atoms with Crippen LogP contribution in [0.3, 0.4) is 0 Å². The van der Waals surface area contributed by atoms with Crippen molar-refractivity contribution >= 4 is 0 Å². The molecule has 3 rings (SSSR count). The van der Waals surface area contributed by atoms with Crippen molar-refractivity contribution in [3.8, 4) is 0 Å². The van der Waals surface area contributed by atoms with E-state index in [0.717, 1.165) is 19.0 Å². The molecule has 1 aromatic heterocycles. The number of fused-ring (bicyclic) bond motifs is 1. The maximum atomic E-state index is 4.68. The molecule has 1 saturated carbocycles. The summed E-state index contributed by atoms with van der Waals surface area (Å²) in [5, 5.41) is 0. The summed E-state index contributed by atoms with van der Waals surface area (Å²) in [6, 6.07) is 3.25. The van der Waals surface area contributed by atoms with Gasteiger partial charge in [-0.05, 0) is 49.8 Å². The van der Waals surface area contributed by atoms with Crippen molar-refractivity contribution in [1.29, 1.82) is 0 Å². The van der Waals surface area contributed by atoms with E-state index in [-0.39, 0.29) is 0 Å². The molecule has 98 valence electrons. The number of pyridine rings is 1. The van der Waals surface area contributed by atoms with E-state index >= 15 is 0 Å². The van der Waals surface area contributed by atoms with Crippen LogP contribution in [0.1, 0.15) is 55.8 Å². The van der Waals surface area contributed by atoms with Gasteiger partial charge in [0.15, 0.2) is 0 Å². The monoisotopic (exact) mass is 244 g/mol. The highest BCUT2D eigenvalue weighted by molar-refractivity contribution is 5.26. The van der Waals surface area contributed by atoms with E-state index in [1.54, 1.807) is 0 Å². The first-order valence-electron chi connectivity index (χ1n) is 7.57. The predicted octanol–water partition coefficient (Wildman–Crippen LogP) is 3.33. The zero-order valence-electron chi connectivity index (χ0n) is 11.5. The molecular weight excluding hydrogens is 220 g/mol. The summed E-state index contributed by atoms with van der Waals surface area (Å²) in [7, 11) is 0. The summed E-state index contributed by atoms with van der Waals surface area (Å²) in [4.78, 5) is 7.41. The van der Waals surface area contributed by atoms with Crippen molar-refractivity contribution in [1.82, 2.24) is 9.88 Å². The molecule has 1 aromatic rings. The Morgan fingerprint density at radius 2 is 2.11 bits per heavy atom. The minimum atomic E-state index is 0.848. The number of aryl methyl sites for hydroxylation is 2. The van der Waals surface area contributed by atoms with Gasteiger partial charge in [-0.15, -0.1) is 0 Å². The topological polar surface area (TPSA) is 16.1 Å². The fraction of sp³-hybridized carbons (Fsp3) is 0.688. The van der Waals surface area contributed by atoms with Gasteiger partial charge in [-0.3, -0.25) is 9.88 Å².